The van der Waals surface area contributed by atoms with Crippen LogP contribution in [-0.2, 0) is 4.79 Å². The standard InChI is InChI=1S/C10H9N3O3S/c1-7(14)6-17-10-11-8-4-2-3-5-9(8)12(10)13(15)16/h2-5H,6H2,1H3. The number of para-hydroxylation sites is 2. The molecule has 0 aliphatic heterocycles. The fourth-order valence-corrected chi connectivity index (χ4v) is 2.19. The van der Waals surface area contributed by atoms with Crippen LogP contribution in [0.4, 0.5) is 0 Å². The average Bonchev–Trinajstić information content (AvgIpc) is 2.64. The van der Waals surface area contributed by atoms with E-state index in [0.29, 0.717) is 11.0 Å². The summed E-state index contributed by atoms with van der Waals surface area (Å²) >= 11 is 1.07. The maximum absolute atomic E-state index is 11.0. The van der Waals surface area contributed by atoms with Crippen molar-refractivity contribution in [3.05, 3.63) is 34.4 Å². The number of nitro groups is 1. The number of benzene rings is 1. The zero-order valence-electron chi connectivity index (χ0n) is 8.99. The van der Waals surface area contributed by atoms with E-state index < -0.39 is 5.03 Å². The second-order valence-corrected chi connectivity index (χ2v) is 4.37. The highest BCUT2D eigenvalue weighted by molar-refractivity contribution is 7.99. The van der Waals surface area contributed by atoms with Crippen LogP contribution >= 0.6 is 11.8 Å². The molecule has 0 aliphatic rings. The van der Waals surface area contributed by atoms with E-state index in [1.54, 1.807) is 24.3 Å². The highest BCUT2D eigenvalue weighted by Gasteiger charge is 2.18. The van der Waals surface area contributed by atoms with Gasteiger partial charge in [-0.1, -0.05) is 23.9 Å². The first-order valence-electron chi connectivity index (χ1n) is 4.84. The molecule has 1 heterocycles. The van der Waals surface area contributed by atoms with Gasteiger partial charge >= 0.3 is 0 Å². The van der Waals surface area contributed by atoms with Gasteiger partial charge in [0.05, 0.1) is 11.3 Å². The Kier molecular flexibility index (Phi) is 3.10. The summed E-state index contributed by atoms with van der Waals surface area (Å²) < 4.78 is 0.906. The Hall–Kier alpha value is -1.89. The zero-order chi connectivity index (χ0) is 12.4. The highest BCUT2D eigenvalue weighted by Crippen LogP contribution is 2.23. The van der Waals surface area contributed by atoms with Gasteiger partial charge in [0.2, 0.25) is 5.16 Å². The van der Waals surface area contributed by atoms with Gasteiger partial charge in [0.25, 0.3) is 0 Å². The van der Waals surface area contributed by atoms with Crippen molar-refractivity contribution in [2.45, 2.75) is 12.1 Å². The second-order valence-electron chi connectivity index (χ2n) is 3.42. The fraction of sp³-hybridized carbons (Fsp3) is 0.200. The quantitative estimate of drug-likeness (QED) is 0.470. The average molecular weight is 251 g/mol. The number of carbonyl (C=O) groups is 1. The summed E-state index contributed by atoms with van der Waals surface area (Å²) in [6.07, 6.45) is 0. The molecule has 0 fully saturated rings. The first-order chi connectivity index (χ1) is 8.09. The van der Waals surface area contributed by atoms with Crippen molar-refractivity contribution >= 4 is 28.6 Å². The molecule has 0 radical (unpaired) electrons. The fourth-order valence-electron chi connectivity index (χ4n) is 1.41. The Balaban J connectivity index is 2.50. The molecule has 2 aromatic rings. The van der Waals surface area contributed by atoms with Gasteiger partial charge in [0, 0.05) is 0 Å². The number of hydrogen-bond donors (Lipinski definition) is 0. The summed E-state index contributed by atoms with van der Waals surface area (Å²) in [5, 5.41) is 10.7. The molecular weight excluding hydrogens is 242 g/mol. The molecule has 0 N–H and O–H groups in total. The lowest BCUT2D eigenvalue weighted by Crippen LogP contribution is -2.10. The molecule has 1 aromatic carbocycles. The molecular formula is C10H9N3O3S. The van der Waals surface area contributed by atoms with Gasteiger partial charge in [0.1, 0.15) is 11.3 Å². The molecule has 17 heavy (non-hydrogen) atoms. The third kappa shape index (κ3) is 2.28. The normalized spacial score (nSPS) is 10.6. The van der Waals surface area contributed by atoms with Crippen molar-refractivity contribution < 1.29 is 9.83 Å². The number of carbonyl (C=O) groups excluding carboxylic acids is 1. The Morgan fingerprint density at radius 3 is 2.88 bits per heavy atom. The third-order valence-corrected chi connectivity index (χ3v) is 3.15. The Labute approximate surface area is 101 Å². The van der Waals surface area contributed by atoms with Gasteiger partial charge < -0.3 is 0 Å². The molecule has 0 saturated carbocycles. The molecule has 88 valence electrons. The van der Waals surface area contributed by atoms with E-state index in [1.807, 2.05) is 0 Å². The van der Waals surface area contributed by atoms with Gasteiger partial charge in [-0.05, 0) is 23.7 Å². The largest absolute Gasteiger partial charge is 0.299 e. The molecule has 1 aromatic heterocycles. The van der Waals surface area contributed by atoms with E-state index >= 15 is 0 Å². The summed E-state index contributed by atoms with van der Waals surface area (Å²) in [5.41, 5.74) is 0.985. The van der Waals surface area contributed by atoms with Gasteiger partial charge in [0.15, 0.2) is 5.03 Å². The molecule has 2 rings (SSSR count). The lowest BCUT2D eigenvalue weighted by molar-refractivity contribution is -0.544. The van der Waals surface area contributed by atoms with Gasteiger partial charge in [-0.25, -0.2) is 15.1 Å². The topological polar surface area (TPSA) is 78.0 Å². The lowest BCUT2D eigenvalue weighted by atomic mass is 10.3. The number of ketones is 1. The minimum Gasteiger partial charge on any atom is -0.299 e. The molecule has 0 unspecified atom stereocenters. The van der Waals surface area contributed by atoms with Crippen molar-refractivity contribution in [1.82, 2.24) is 9.66 Å². The summed E-state index contributed by atoms with van der Waals surface area (Å²) in [6, 6.07) is 6.80. The number of hydrogen-bond acceptors (Lipinski definition) is 5. The van der Waals surface area contributed by atoms with Crippen LogP contribution in [0.25, 0.3) is 11.0 Å². The van der Waals surface area contributed by atoms with E-state index in [-0.39, 0.29) is 16.7 Å². The predicted octanol–water partition coefficient (Wildman–Crippen LogP) is 1.76. The van der Waals surface area contributed by atoms with Crippen LogP contribution in [0.2, 0.25) is 0 Å². The maximum atomic E-state index is 11.0. The van der Waals surface area contributed by atoms with E-state index in [4.69, 9.17) is 0 Å². The van der Waals surface area contributed by atoms with Crippen LogP contribution in [0.15, 0.2) is 29.4 Å². The van der Waals surface area contributed by atoms with Crippen LogP contribution in [0.1, 0.15) is 6.92 Å². The monoisotopic (exact) mass is 251 g/mol. The number of rotatable bonds is 4. The summed E-state index contributed by atoms with van der Waals surface area (Å²) in [6.45, 7) is 1.44. The molecule has 0 aliphatic carbocycles. The van der Waals surface area contributed by atoms with Crippen molar-refractivity contribution in [1.29, 1.82) is 0 Å². The SMILES string of the molecule is CC(=O)CSc1nc2ccccc2n1[N+](=O)[O-]. The molecule has 7 heteroatoms. The molecule has 6 nitrogen and oxygen atoms in total. The van der Waals surface area contributed by atoms with Gasteiger partial charge in [-0.15, -0.1) is 0 Å². The van der Waals surface area contributed by atoms with Crippen molar-refractivity contribution in [3.8, 4) is 0 Å². The number of fused-ring (bicyclic) bond motifs is 1. The predicted molar refractivity (Wildman–Crippen MR) is 63.5 cm³/mol. The maximum Gasteiger partial charge on any atom is 0.235 e. The third-order valence-electron chi connectivity index (χ3n) is 2.08. The first kappa shape index (κ1) is 11.6. The van der Waals surface area contributed by atoms with Gasteiger partial charge in [-0.2, -0.15) is 0 Å². The molecule has 0 saturated heterocycles. The summed E-state index contributed by atoms with van der Waals surface area (Å²) in [5.74, 6) is 0.133. The zero-order valence-corrected chi connectivity index (χ0v) is 9.81. The van der Waals surface area contributed by atoms with Crippen LogP contribution in [0.5, 0.6) is 0 Å². The van der Waals surface area contributed by atoms with Crippen LogP contribution < -0.4 is 0 Å². The summed E-state index contributed by atoms with van der Waals surface area (Å²) in [7, 11) is 0. The minimum absolute atomic E-state index is 0.0445. The van der Waals surface area contributed by atoms with Crippen molar-refractivity contribution in [2.75, 3.05) is 5.75 Å². The first-order valence-corrected chi connectivity index (χ1v) is 5.82. The lowest BCUT2D eigenvalue weighted by Gasteiger charge is -1.97. The minimum atomic E-state index is -0.530. The van der Waals surface area contributed by atoms with Crippen molar-refractivity contribution in [2.24, 2.45) is 0 Å². The summed E-state index contributed by atoms with van der Waals surface area (Å²) in [4.78, 5) is 26.0. The Bertz CT molecular complexity index is 593. The Morgan fingerprint density at radius 1 is 1.53 bits per heavy atom. The molecule has 0 spiro atoms. The molecule has 0 amide bonds. The highest BCUT2D eigenvalue weighted by atomic mass is 32.2. The number of imidazole rings is 1. The second kappa shape index (κ2) is 4.54. The number of nitrogens with zero attached hydrogens (tertiary/aromatic N) is 3. The molecule has 0 bridgehead atoms. The van der Waals surface area contributed by atoms with Crippen molar-refractivity contribution in [3.63, 3.8) is 0 Å². The molecule has 0 atom stereocenters. The van der Waals surface area contributed by atoms with Gasteiger partial charge in [-0.3, -0.25) is 4.79 Å². The smallest absolute Gasteiger partial charge is 0.235 e. The van der Waals surface area contributed by atoms with E-state index in [9.17, 15) is 14.9 Å². The van der Waals surface area contributed by atoms with Crippen LogP contribution in [0, 0.1) is 10.1 Å². The number of thioether (sulfide) groups is 1. The van der Waals surface area contributed by atoms with E-state index in [1.165, 1.54) is 6.92 Å². The van der Waals surface area contributed by atoms with Crippen LogP contribution in [-0.4, -0.2) is 26.2 Å². The van der Waals surface area contributed by atoms with E-state index in [0.717, 1.165) is 16.4 Å². The Morgan fingerprint density at radius 2 is 2.24 bits per heavy atom. The number of Topliss-reactive ketones (excluding diaryl/α,β-unsaturated/α-hetero) is 1. The van der Waals surface area contributed by atoms with E-state index in [2.05, 4.69) is 4.98 Å². The van der Waals surface area contributed by atoms with Crippen LogP contribution in [0.3, 0.4) is 0 Å². The number of aromatic nitrogens is 2.